The standard InChI is InChI=1S/C27H26N4OS/c1-18-16-23(19(2)30(18)17-20-8-4-3-5-9-20)26-25(24-10-6-7-15-28-24)29-27(33)31(26)21-11-13-22(32)14-12-21/h3-16,25-26,32H,17H2,1-2H3,(H,29,33)/t25-,26+/m0/s1. The lowest BCUT2D eigenvalue weighted by Crippen LogP contribution is -2.29. The van der Waals surface area contributed by atoms with Gasteiger partial charge in [0.2, 0.25) is 0 Å². The SMILES string of the molecule is Cc1cc([C@@H]2[C@H](c3ccccn3)NC(=S)N2c2ccc(O)cc2)c(C)n1Cc1ccccc1. The number of nitrogens with one attached hydrogen (secondary N) is 1. The molecule has 5 nitrogen and oxygen atoms in total. The maximum atomic E-state index is 9.82. The molecule has 0 amide bonds. The van der Waals surface area contributed by atoms with Crippen LogP contribution >= 0.6 is 12.2 Å². The maximum absolute atomic E-state index is 9.82. The van der Waals surface area contributed by atoms with Crippen molar-refractivity contribution in [1.29, 1.82) is 0 Å². The molecule has 1 aliphatic rings. The third-order valence-corrected chi connectivity index (χ3v) is 6.66. The van der Waals surface area contributed by atoms with E-state index in [0.717, 1.165) is 17.9 Å². The Kier molecular flexibility index (Phi) is 5.60. The van der Waals surface area contributed by atoms with Crippen molar-refractivity contribution >= 4 is 23.0 Å². The fourth-order valence-electron chi connectivity index (χ4n) is 4.70. The molecule has 5 rings (SSSR count). The number of hydrogen-bond acceptors (Lipinski definition) is 3. The van der Waals surface area contributed by atoms with Crippen LogP contribution in [0.1, 0.15) is 40.3 Å². The molecule has 0 radical (unpaired) electrons. The van der Waals surface area contributed by atoms with Gasteiger partial charge >= 0.3 is 0 Å². The molecule has 0 unspecified atom stereocenters. The van der Waals surface area contributed by atoms with E-state index < -0.39 is 0 Å². The van der Waals surface area contributed by atoms with E-state index in [-0.39, 0.29) is 17.8 Å². The summed E-state index contributed by atoms with van der Waals surface area (Å²) in [6.07, 6.45) is 1.82. The van der Waals surface area contributed by atoms with E-state index in [2.05, 4.69) is 63.9 Å². The topological polar surface area (TPSA) is 53.3 Å². The number of nitrogens with zero attached hydrogens (tertiary/aromatic N) is 3. The zero-order valence-corrected chi connectivity index (χ0v) is 19.5. The number of phenols is 1. The van der Waals surface area contributed by atoms with Crippen molar-refractivity contribution in [2.45, 2.75) is 32.5 Å². The maximum Gasteiger partial charge on any atom is 0.174 e. The van der Waals surface area contributed by atoms with Gasteiger partial charge in [-0.1, -0.05) is 36.4 Å². The molecule has 1 fully saturated rings. The van der Waals surface area contributed by atoms with Crippen LogP contribution in [-0.2, 0) is 6.54 Å². The fourth-order valence-corrected chi connectivity index (χ4v) is 5.04. The van der Waals surface area contributed by atoms with Gasteiger partial charge < -0.3 is 19.9 Å². The number of aromatic hydroxyl groups is 1. The normalized spacial score (nSPS) is 17.9. The highest BCUT2D eigenvalue weighted by Gasteiger charge is 2.42. The smallest absolute Gasteiger partial charge is 0.174 e. The molecule has 6 heteroatoms. The number of aromatic nitrogens is 2. The average Bonchev–Trinajstić information content (AvgIpc) is 3.32. The molecule has 0 saturated carbocycles. The monoisotopic (exact) mass is 454 g/mol. The Morgan fingerprint density at radius 1 is 0.970 bits per heavy atom. The third kappa shape index (κ3) is 3.98. The van der Waals surface area contributed by atoms with E-state index in [9.17, 15) is 5.11 Å². The molecule has 33 heavy (non-hydrogen) atoms. The molecule has 2 atom stereocenters. The number of phenolic OH excluding ortho intramolecular Hbond substituents is 1. The predicted octanol–water partition coefficient (Wildman–Crippen LogP) is 5.43. The number of benzene rings is 2. The highest BCUT2D eigenvalue weighted by Crippen LogP contribution is 2.43. The number of rotatable bonds is 5. The van der Waals surface area contributed by atoms with Crippen LogP contribution in [0.5, 0.6) is 5.75 Å². The van der Waals surface area contributed by atoms with Crippen molar-refractivity contribution in [2.24, 2.45) is 0 Å². The Balaban J connectivity index is 1.62. The zero-order chi connectivity index (χ0) is 22.9. The van der Waals surface area contributed by atoms with Crippen molar-refractivity contribution in [2.75, 3.05) is 4.90 Å². The van der Waals surface area contributed by atoms with E-state index in [1.165, 1.54) is 22.5 Å². The van der Waals surface area contributed by atoms with Gasteiger partial charge in [0.15, 0.2) is 5.11 Å². The summed E-state index contributed by atoms with van der Waals surface area (Å²) < 4.78 is 2.36. The molecule has 4 aromatic rings. The highest BCUT2D eigenvalue weighted by atomic mass is 32.1. The molecule has 0 spiro atoms. The van der Waals surface area contributed by atoms with E-state index in [4.69, 9.17) is 12.2 Å². The van der Waals surface area contributed by atoms with Gasteiger partial charge in [-0.2, -0.15) is 0 Å². The molecule has 1 aliphatic heterocycles. The van der Waals surface area contributed by atoms with Gasteiger partial charge in [0.1, 0.15) is 5.75 Å². The van der Waals surface area contributed by atoms with Crippen LogP contribution in [0.3, 0.4) is 0 Å². The van der Waals surface area contributed by atoms with Crippen molar-refractivity contribution in [3.63, 3.8) is 0 Å². The number of anilines is 1. The van der Waals surface area contributed by atoms with Crippen LogP contribution in [0.25, 0.3) is 0 Å². The molecule has 2 N–H and O–H groups in total. The molecular weight excluding hydrogens is 428 g/mol. The van der Waals surface area contributed by atoms with Gasteiger partial charge in [-0.15, -0.1) is 0 Å². The first-order valence-corrected chi connectivity index (χ1v) is 11.4. The van der Waals surface area contributed by atoms with Gasteiger partial charge in [0.25, 0.3) is 0 Å². The summed E-state index contributed by atoms with van der Waals surface area (Å²) in [6.45, 7) is 5.15. The Hall–Kier alpha value is -3.64. The summed E-state index contributed by atoms with van der Waals surface area (Å²) in [5.74, 6) is 0.232. The van der Waals surface area contributed by atoms with Crippen LogP contribution < -0.4 is 10.2 Å². The summed E-state index contributed by atoms with van der Waals surface area (Å²) in [6, 6.07) is 25.8. The van der Waals surface area contributed by atoms with E-state index in [1.54, 1.807) is 12.1 Å². The summed E-state index contributed by atoms with van der Waals surface area (Å²) in [5.41, 5.74) is 6.76. The molecule has 3 heterocycles. The first-order chi connectivity index (χ1) is 16.0. The van der Waals surface area contributed by atoms with Gasteiger partial charge in [0.05, 0.1) is 17.8 Å². The Morgan fingerprint density at radius 2 is 1.70 bits per heavy atom. The first-order valence-electron chi connectivity index (χ1n) is 11.0. The molecule has 2 aromatic carbocycles. The molecule has 0 aliphatic carbocycles. The van der Waals surface area contributed by atoms with Crippen molar-refractivity contribution in [1.82, 2.24) is 14.9 Å². The predicted molar refractivity (Wildman–Crippen MR) is 135 cm³/mol. The van der Waals surface area contributed by atoms with E-state index >= 15 is 0 Å². The summed E-state index contributed by atoms with van der Waals surface area (Å²) in [7, 11) is 0. The first kappa shape index (κ1) is 21.2. The lowest BCUT2D eigenvalue weighted by molar-refractivity contribution is 0.475. The van der Waals surface area contributed by atoms with Crippen LogP contribution in [0.2, 0.25) is 0 Å². The zero-order valence-electron chi connectivity index (χ0n) is 18.6. The largest absolute Gasteiger partial charge is 0.508 e. The summed E-state index contributed by atoms with van der Waals surface area (Å²) in [4.78, 5) is 6.79. The average molecular weight is 455 g/mol. The van der Waals surface area contributed by atoms with E-state index in [0.29, 0.717) is 5.11 Å². The van der Waals surface area contributed by atoms with E-state index in [1.807, 2.05) is 42.6 Å². The fraction of sp³-hybridized carbons (Fsp3) is 0.185. The quantitative estimate of drug-likeness (QED) is 0.394. The Morgan fingerprint density at radius 3 is 2.39 bits per heavy atom. The number of thiocarbonyl (C=S) groups is 1. The van der Waals surface area contributed by atoms with Crippen LogP contribution in [-0.4, -0.2) is 19.8 Å². The van der Waals surface area contributed by atoms with Crippen molar-refractivity contribution in [3.05, 3.63) is 113 Å². The van der Waals surface area contributed by atoms with Crippen LogP contribution in [0, 0.1) is 13.8 Å². The second kappa shape index (κ2) is 8.71. The summed E-state index contributed by atoms with van der Waals surface area (Å²) >= 11 is 5.82. The van der Waals surface area contributed by atoms with Gasteiger partial charge in [-0.05, 0) is 79.7 Å². The van der Waals surface area contributed by atoms with Crippen molar-refractivity contribution < 1.29 is 5.11 Å². The second-order valence-corrected chi connectivity index (χ2v) is 8.80. The lowest BCUT2D eigenvalue weighted by atomic mass is 9.96. The molecule has 1 saturated heterocycles. The second-order valence-electron chi connectivity index (χ2n) is 8.41. The number of hydrogen-bond donors (Lipinski definition) is 2. The van der Waals surface area contributed by atoms with Gasteiger partial charge in [-0.25, -0.2) is 0 Å². The number of pyridine rings is 1. The minimum atomic E-state index is -0.0989. The molecule has 0 bridgehead atoms. The lowest BCUT2D eigenvalue weighted by Gasteiger charge is -2.28. The minimum Gasteiger partial charge on any atom is -0.508 e. The molecule has 166 valence electrons. The van der Waals surface area contributed by atoms with Gasteiger partial charge in [-0.3, -0.25) is 4.98 Å². The van der Waals surface area contributed by atoms with Crippen LogP contribution in [0.4, 0.5) is 5.69 Å². The number of aryl methyl sites for hydroxylation is 1. The Labute approximate surface area is 199 Å². The summed E-state index contributed by atoms with van der Waals surface area (Å²) in [5, 5.41) is 14.0. The van der Waals surface area contributed by atoms with Crippen molar-refractivity contribution in [3.8, 4) is 5.75 Å². The van der Waals surface area contributed by atoms with Gasteiger partial charge in [0, 0.05) is 29.8 Å². The highest BCUT2D eigenvalue weighted by molar-refractivity contribution is 7.80. The molecule has 2 aromatic heterocycles. The third-order valence-electron chi connectivity index (χ3n) is 6.34. The molecular formula is C27H26N4OS. The Bertz CT molecular complexity index is 1270. The van der Waals surface area contributed by atoms with Crippen LogP contribution in [0.15, 0.2) is 85.1 Å². The minimum absolute atomic E-state index is 0.0762.